The molecule has 2 aliphatic rings. The van der Waals surface area contributed by atoms with Crippen molar-refractivity contribution in [2.75, 3.05) is 6.54 Å². The van der Waals surface area contributed by atoms with Crippen molar-refractivity contribution >= 4 is 35.0 Å². The average molecular weight is 327 g/mol. The van der Waals surface area contributed by atoms with E-state index in [1.807, 2.05) is 0 Å². The Kier molecular flexibility index (Phi) is 4.09. The highest BCUT2D eigenvalue weighted by molar-refractivity contribution is 6.33. The summed E-state index contributed by atoms with van der Waals surface area (Å²) in [5.41, 5.74) is 0.807. The Morgan fingerprint density at radius 1 is 1.24 bits per heavy atom. The molecule has 0 spiro atoms. The van der Waals surface area contributed by atoms with Gasteiger partial charge in [0.05, 0.1) is 0 Å². The lowest BCUT2D eigenvalue weighted by Gasteiger charge is -2.24. The van der Waals surface area contributed by atoms with Crippen LogP contribution in [0.1, 0.15) is 24.8 Å². The highest BCUT2D eigenvalue weighted by atomic mass is 35.5. The van der Waals surface area contributed by atoms with E-state index in [0.717, 1.165) is 18.4 Å². The zero-order valence-corrected chi connectivity index (χ0v) is 13.0. The predicted octanol–water partition coefficient (Wildman–Crippen LogP) is 2.62. The number of nitrogens with one attached hydrogen (secondary N) is 1. The summed E-state index contributed by atoms with van der Waals surface area (Å²) in [7, 11) is 0. The molecular formula is C15H16Cl2N2O2. The van der Waals surface area contributed by atoms with E-state index in [1.54, 1.807) is 23.1 Å². The lowest BCUT2D eigenvalue weighted by Crippen LogP contribution is -2.45. The summed E-state index contributed by atoms with van der Waals surface area (Å²) < 4.78 is 0. The molecule has 1 aromatic rings. The molecule has 21 heavy (non-hydrogen) atoms. The normalized spacial score (nSPS) is 23.0. The van der Waals surface area contributed by atoms with Gasteiger partial charge in [0.1, 0.15) is 6.04 Å². The Balaban J connectivity index is 1.81. The predicted molar refractivity (Wildman–Crippen MR) is 81.2 cm³/mol. The van der Waals surface area contributed by atoms with Crippen molar-refractivity contribution in [1.82, 2.24) is 10.2 Å². The van der Waals surface area contributed by atoms with Crippen LogP contribution in [-0.2, 0) is 16.1 Å². The molecule has 112 valence electrons. The number of carbonyl (C=O) groups excluding carboxylic acids is 2. The number of nitrogens with zero attached hydrogens (tertiary/aromatic N) is 1. The summed E-state index contributed by atoms with van der Waals surface area (Å²) in [6.07, 6.45) is 2.33. The fourth-order valence-electron chi connectivity index (χ4n) is 2.63. The Hall–Kier alpha value is -1.26. The lowest BCUT2D eigenvalue weighted by molar-refractivity contribution is -0.134. The van der Waals surface area contributed by atoms with Crippen molar-refractivity contribution < 1.29 is 9.59 Å². The van der Waals surface area contributed by atoms with Crippen LogP contribution in [0.25, 0.3) is 0 Å². The van der Waals surface area contributed by atoms with Crippen LogP contribution in [0.4, 0.5) is 0 Å². The van der Waals surface area contributed by atoms with Gasteiger partial charge in [0.25, 0.3) is 0 Å². The van der Waals surface area contributed by atoms with E-state index in [4.69, 9.17) is 23.2 Å². The fraction of sp³-hybridized carbons (Fsp3) is 0.467. The average Bonchev–Trinajstić information content (AvgIpc) is 3.27. The van der Waals surface area contributed by atoms with E-state index >= 15 is 0 Å². The van der Waals surface area contributed by atoms with E-state index in [2.05, 4.69) is 5.32 Å². The minimum atomic E-state index is -0.377. The molecule has 1 aliphatic heterocycles. The van der Waals surface area contributed by atoms with Gasteiger partial charge in [-0.3, -0.25) is 9.59 Å². The Bertz CT molecular complexity index is 587. The number of amides is 2. The van der Waals surface area contributed by atoms with Crippen LogP contribution >= 0.6 is 23.2 Å². The van der Waals surface area contributed by atoms with E-state index < -0.39 is 0 Å². The zero-order chi connectivity index (χ0) is 15.0. The summed E-state index contributed by atoms with van der Waals surface area (Å²) >= 11 is 12.2. The molecule has 0 radical (unpaired) electrons. The monoisotopic (exact) mass is 326 g/mol. The second-order valence-corrected chi connectivity index (χ2v) is 6.47. The van der Waals surface area contributed by atoms with Gasteiger partial charge in [0, 0.05) is 29.6 Å². The molecule has 2 fully saturated rings. The molecule has 4 nitrogen and oxygen atoms in total. The van der Waals surface area contributed by atoms with Gasteiger partial charge in [-0.1, -0.05) is 23.2 Å². The smallest absolute Gasteiger partial charge is 0.245 e. The largest absolute Gasteiger partial charge is 0.344 e. The molecule has 1 atom stereocenters. The molecule has 2 amide bonds. The number of hydrogen-bond acceptors (Lipinski definition) is 2. The molecule has 1 aromatic carbocycles. The standard InChI is InChI=1S/C15H16Cl2N2O2/c16-11-3-4-12(17)10(7-11)8-19-6-5-13(20)18-14(15(19)21)9-1-2-9/h3-4,7,9,14H,1-2,5-6,8H2,(H,18,20). The van der Waals surface area contributed by atoms with Crippen LogP contribution in [0, 0.1) is 5.92 Å². The molecule has 0 aromatic heterocycles. The number of hydrogen-bond donors (Lipinski definition) is 1. The third-order valence-electron chi connectivity index (χ3n) is 3.97. The molecule has 1 aliphatic carbocycles. The van der Waals surface area contributed by atoms with Gasteiger partial charge in [-0.25, -0.2) is 0 Å². The zero-order valence-electron chi connectivity index (χ0n) is 11.4. The molecule has 1 N–H and O–H groups in total. The minimum absolute atomic E-state index is 0.0145. The maximum Gasteiger partial charge on any atom is 0.245 e. The second kappa shape index (κ2) is 5.85. The molecular weight excluding hydrogens is 311 g/mol. The van der Waals surface area contributed by atoms with Crippen molar-refractivity contribution in [3.63, 3.8) is 0 Å². The van der Waals surface area contributed by atoms with E-state index in [9.17, 15) is 9.59 Å². The van der Waals surface area contributed by atoms with Gasteiger partial charge >= 0.3 is 0 Å². The third kappa shape index (κ3) is 3.33. The van der Waals surface area contributed by atoms with Crippen LogP contribution in [0.15, 0.2) is 18.2 Å². The molecule has 1 unspecified atom stereocenters. The maximum atomic E-state index is 12.6. The van der Waals surface area contributed by atoms with Crippen molar-refractivity contribution in [2.45, 2.75) is 31.8 Å². The summed E-state index contributed by atoms with van der Waals surface area (Å²) in [5.74, 6) is 0.219. The number of rotatable bonds is 3. The molecule has 1 saturated heterocycles. The van der Waals surface area contributed by atoms with Gasteiger partial charge in [0.2, 0.25) is 11.8 Å². The highest BCUT2D eigenvalue weighted by Crippen LogP contribution is 2.34. The SMILES string of the molecule is O=C1CCN(Cc2cc(Cl)ccc2Cl)C(=O)C(C2CC2)N1. The van der Waals surface area contributed by atoms with Crippen molar-refractivity contribution in [2.24, 2.45) is 5.92 Å². The number of halogens is 2. The van der Waals surface area contributed by atoms with Gasteiger partial charge in [-0.05, 0) is 42.5 Å². The van der Waals surface area contributed by atoms with E-state index in [0.29, 0.717) is 29.6 Å². The highest BCUT2D eigenvalue weighted by Gasteiger charge is 2.40. The van der Waals surface area contributed by atoms with Crippen LogP contribution in [0.5, 0.6) is 0 Å². The van der Waals surface area contributed by atoms with Gasteiger partial charge in [-0.15, -0.1) is 0 Å². The van der Waals surface area contributed by atoms with E-state index in [-0.39, 0.29) is 23.8 Å². The molecule has 1 saturated carbocycles. The van der Waals surface area contributed by atoms with Crippen LogP contribution in [0.3, 0.4) is 0 Å². The molecule has 1 heterocycles. The quantitative estimate of drug-likeness (QED) is 0.928. The van der Waals surface area contributed by atoms with Crippen molar-refractivity contribution in [3.05, 3.63) is 33.8 Å². The van der Waals surface area contributed by atoms with Gasteiger partial charge in [-0.2, -0.15) is 0 Å². The first-order valence-corrected chi connectivity index (χ1v) is 7.82. The fourth-order valence-corrected chi connectivity index (χ4v) is 3.00. The molecule has 3 rings (SSSR count). The Morgan fingerprint density at radius 3 is 2.71 bits per heavy atom. The second-order valence-electron chi connectivity index (χ2n) is 5.63. The summed E-state index contributed by atoms with van der Waals surface area (Å²) in [6, 6.07) is 4.83. The summed E-state index contributed by atoms with van der Waals surface area (Å²) in [4.78, 5) is 26.1. The lowest BCUT2D eigenvalue weighted by atomic mass is 10.1. The molecule has 6 heteroatoms. The topological polar surface area (TPSA) is 49.4 Å². The first-order chi connectivity index (χ1) is 10.0. The minimum Gasteiger partial charge on any atom is -0.344 e. The van der Waals surface area contributed by atoms with Gasteiger partial charge in [0.15, 0.2) is 0 Å². The van der Waals surface area contributed by atoms with Crippen molar-refractivity contribution in [3.8, 4) is 0 Å². The third-order valence-corrected chi connectivity index (χ3v) is 4.57. The van der Waals surface area contributed by atoms with E-state index in [1.165, 1.54) is 0 Å². The first kappa shape index (κ1) is 14.7. The first-order valence-electron chi connectivity index (χ1n) is 7.06. The number of benzene rings is 1. The summed E-state index contributed by atoms with van der Waals surface area (Å²) in [5, 5.41) is 4.01. The maximum absolute atomic E-state index is 12.6. The Labute approximate surface area is 133 Å². The van der Waals surface area contributed by atoms with Crippen LogP contribution in [-0.4, -0.2) is 29.3 Å². The van der Waals surface area contributed by atoms with Crippen LogP contribution in [0.2, 0.25) is 10.0 Å². The number of carbonyl (C=O) groups is 2. The summed E-state index contributed by atoms with van der Waals surface area (Å²) in [6.45, 7) is 0.799. The van der Waals surface area contributed by atoms with Crippen LogP contribution < -0.4 is 5.32 Å². The Morgan fingerprint density at radius 2 is 2.00 bits per heavy atom. The molecule has 0 bridgehead atoms. The van der Waals surface area contributed by atoms with Crippen molar-refractivity contribution in [1.29, 1.82) is 0 Å². The van der Waals surface area contributed by atoms with Gasteiger partial charge < -0.3 is 10.2 Å².